The Labute approximate surface area is 162 Å². The molecular weight excluding hydrogens is 367 g/mol. The summed E-state index contributed by atoms with van der Waals surface area (Å²) < 4.78 is 19.0. The summed E-state index contributed by atoms with van der Waals surface area (Å²) in [5, 5.41) is 11.6. The second-order valence-corrected chi connectivity index (χ2v) is 7.73. The summed E-state index contributed by atoms with van der Waals surface area (Å²) in [6.45, 7) is 0.649. The minimum absolute atomic E-state index is 0.0893. The van der Waals surface area contributed by atoms with Crippen LogP contribution < -0.4 is 5.11 Å². The van der Waals surface area contributed by atoms with E-state index < -0.39 is 29.5 Å². The molecule has 150 valence electrons. The second kappa shape index (κ2) is 7.16. The Morgan fingerprint density at radius 1 is 1.11 bits per heavy atom. The Balaban J connectivity index is 1.55. The van der Waals surface area contributed by atoms with Gasteiger partial charge >= 0.3 is 0 Å². The zero-order valence-electron chi connectivity index (χ0n) is 15.4. The van der Waals surface area contributed by atoms with Crippen molar-refractivity contribution in [3.63, 3.8) is 0 Å². The van der Waals surface area contributed by atoms with Gasteiger partial charge < -0.3 is 19.5 Å². The second-order valence-electron chi connectivity index (χ2n) is 7.73. The number of carboxylic acid groups (broad SMARTS) is 1. The molecule has 0 aromatic heterocycles. The molecule has 3 aliphatic rings. The van der Waals surface area contributed by atoms with E-state index in [1.165, 1.54) is 17.0 Å². The molecule has 2 heterocycles. The fraction of sp³-hybridized carbons (Fsp3) is 0.550. The number of aliphatic carboxylic acids is 1. The number of carbonyl (C=O) groups is 3. The Bertz CT molecular complexity index is 784. The van der Waals surface area contributed by atoms with Crippen LogP contribution in [-0.2, 0) is 14.3 Å². The summed E-state index contributed by atoms with van der Waals surface area (Å²) >= 11 is 0. The van der Waals surface area contributed by atoms with Gasteiger partial charge in [0, 0.05) is 37.4 Å². The highest BCUT2D eigenvalue weighted by Gasteiger charge is 2.52. The number of amides is 2. The van der Waals surface area contributed by atoms with Crippen LogP contribution in [-0.4, -0.2) is 59.0 Å². The van der Waals surface area contributed by atoms with E-state index in [0.717, 1.165) is 31.4 Å². The summed E-state index contributed by atoms with van der Waals surface area (Å²) in [4.78, 5) is 40.2. The van der Waals surface area contributed by atoms with Crippen molar-refractivity contribution in [2.24, 2.45) is 5.92 Å². The molecule has 1 aromatic carbocycles. The standard InChI is InChI=1S/C20H23FN2O5/c21-15-6-4-14(5-7-15)18(25)23-16(19(26)27)12-28-20(23)8-10-22(11-9-20)17(24)13-2-1-3-13/h4-7,13,16H,1-3,8-12H2,(H,26,27)/p-1/t16-/m1/s1. The van der Waals surface area contributed by atoms with E-state index in [0.29, 0.717) is 25.9 Å². The van der Waals surface area contributed by atoms with Gasteiger partial charge in [0.25, 0.3) is 5.91 Å². The lowest BCUT2D eigenvalue weighted by Gasteiger charge is -2.46. The first-order valence-corrected chi connectivity index (χ1v) is 9.64. The number of nitrogens with zero attached hydrogens (tertiary/aromatic N) is 2. The van der Waals surface area contributed by atoms with Crippen LogP contribution in [0.5, 0.6) is 0 Å². The molecule has 1 aromatic rings. The fourth-order valence-corrected chi connectivity index (χ4v) is 4.27. The summed E-state index contributed by atoms with van der Waals surface area (Å²) in [5.74, 6) is -2.19. The molecule has 2 saturated heterocycles. The molecule has 7 nitrogen and oxygen atoms in total. The van der Waals surface area contributed by atoms with Gasteiger partial charge in [-0.25, -0.2) is 4.39 Å². The maximum Gasteiger partial charge on any atom is 0.256 e. The van der Waals surface area contributed by atoms with Crippen LogP contribution in [0.15, 0.2) is 24.3 Å². The normalized spacial score (nSPS) is 24.2. The monoisotopic (exact) mass is 389 g/mol. The number of hydrogen-bond acceptors (Lipinski definition) is 5. The lowest BCUT2D eigenvalue weighted by Crippen LogP contribution is -2.60. The highest BCUT2D eigenvalue weighted by atomic mass is 19.1. The molecule has 2 aliphatic heterocycles. The van der Waals surface area contributed by atoms with Crippen molar-refractivity contribution in [3.05, 3.63) is 35.6 Å². The smallest absolute Gasteiger partial charge is 0.256 e. The molecule has 0 radical (unpaired) electrons. The Hall–Kier alpha value is -2.48. The van der Waals surface area contributed by atoms with E-state index in [-0.39, 0.29) is 24.0 Å². The van der Waals surface area contributed by atoms with E-state index in [1.807, 2.05) is 0 Å². The number of likely N-dealkylation sites (tertiary alicyclic amines) is 1. The molecule has 3 fully saturated rings. The molecule has 0 bridgehead atoms. The van der Waals surface area contributed by atoms with Crippen LogP contribution >= 0.6 is 0 Å². The van der Waals surface area contributed by atoms with Crippen molar-refractivity contribution in [1.29, 1.82) is 0 Å². The number of carbonyl (C=O) groups excluding carboxylic acids is 3. The highest BCUT2D eigenvalue weighted by molar-refractivity contribution is 5.97. The zero-order chi connectivity index (χ0) is 19.9. The van der Waals surface area contributed by atoms with Crippen molar-refractivity contribution >= 4 is 17.8 Å². The molecule has 28 heavy (non-hydrogen) atoms. The minimum Gasteiger partial charge on any atom is -0.548 e. The van der Waals surface area contributed by atoms with Gasteiger partial charge in [-0.1, -0.05) is 6.42 Å². The Morgan fingerprint density at radius 2 is 1.75 bits per heavy atom. The summed E-state index contributed by atoms with van der Waals surface area (Å²) in [7, 11) is 0. The topological polar surface area (TPSA) is 90.0 Å². The molecule has 4 rings (SSSR count). The largest absolute Gasteiger partial charge is 0.548 e. The van der Waals surface area contributed by atoms with Gasteiger partial charge in [-0.15, -0.1) is 0 Å². The third-order valence-electron chi connectivity index (χ3n) is 6.15. The molecule has 8 heteroatoms. The van der Waals surface area contributed by atoms with E-state index in [4.69, 9.17) is 4.74 Å². The van der Waals surface area contributed by atoms with Gasteiger partial charge in [0.15, 0.2) is 0 Å². The van der Waals surface area contributed by atoms with Crippen molar-refractivity contribution in [2.75, 3.05) is 19.7 Å². The first-order valence-electron chi connectivity index (χ1n) is 9.64. The maximum atomic E-state index is 13.2. The third-order valence-corrected chi connectivity index (χ3v) is 6.15. The van der Waals surface area contributed by atoms with E-state index in [1.54, 1.807) is 4.90 Å². The van der Waals surface area contributed by atoms with E-state index >= 15 is 0 Å². The quantitative estimate of drug-likeness (QED) is 0.753. The van der Waals surface area contributed by atoms with Crippen LogP contribution in [0.2, 0.25) is 0 Å². The Kier molecular flexibility index (Phi) is 4.82. The van der Waals surface area contributed by atoms with Crippen LogP contribution in [0.4, 0.5) is 4.39 Å². The maximum absolute atomic E-state index is 13.2. The van der Waals surface area contributed by atoms with Gasteiger partial charge in [-0.3, -0.25) is 14.5 Å². The van der Waals surface area contributed by atoms with Crippen molar-refractivity contribution in [3.8, 4) is 0 Å². The van der Waals surface area contributed by atoms with Crippen molar-refractivity contribution in [1.82, 2.24) is 9.80 Å². The van der Waals surface area contributed by atoms with E-state index in [9.17, 15) is 23.9 Å². The first kappa shape index (κ1) is 18.9. The number of piperidine rings is 1. The van der Waals surface area contributed by atoms with Crippen molar-refractivity contribution < 1.29 is 28.6 Å². The minimum atomic E-state index is -1.39. The SMILES string of the molecule is O=C([O-])[C@H]1COC2(CCN(C(=O)C3CCC3)CC2)N1C(=O)c1ccc(F)cc1. The molecular formula is C20H22FN2O5-. The van der Waals surface area contributed by atoms with Gasteiger partial charge in [-0.05, 0) is 37.1 Å². The predicted octanol–water partition coefficient (Wildman–Crippen LogP) is 0.535. The predicted molar refractivity (Wildman–Crippen MR) is 93.2 cm³/mol. The van der Waals surface area contributed by atoms with Gasteiger partial charge in [0.2, 0.25) is 5.91 Å². The van der Waals surface area contributed by atoms with Crippen molar-refractivity contribution in [2.45, 2.75) is 43.9 Å². The fourth-order valence-electron chi connectivity index (χ4n) is 4.27. The van der Waals surface area contributed by atoms with Crippen LogP contribution in [0.3, 0.4) is 0 Å². The molecule has 0 unspecified atom stereocenters. The summed E-state index contributed by atoms with van der Waals surface area (Å²) in [5.41, 5.74) is -0.905. The number of rotatable bonds is 3. The third kappa shape index (κ3) is 3.15. The first-order chi connectivity index (χ1) is 13.4. The lowest BCUT2D eigenvalue weighted by atomic mass is 9.83. The number of carboxylic acids is 1. The van der Waals surface area contributed by atoms with Gasteiger partial charge in [0.05, 0.1) is 18.6 Å². The zero-order valence-corrected chi connectivity index (χ0v) is 15.4. The summed E-state index contributed by atoms with van der Waals surface area (Å²) in [6.07, 6.45) is 3.58. The molecule has 0 N–H and O–H groups in total. The average Bonchev–Trinajstić information content (AvgIpc) is 3.00. The number of ether oxygens (including phenoxy) is 1. The van der Waals surface area contributed by atoms with Crippen LogP contribution in [0.25, 0.3) is 0 Å². The molecule has 1 saturated carbocycles. The highest BCUT2D eigenvalue weighted by Crippen LogP contribution is 2.39. The lowest BCUT2D eigenvalue weighted by molar-refractivity contribution is -0.310. The molecule has 1 atom stereocenters. The number of halogens is 1. The van der Waals surface area contributed by atoms with E-state index in [2.05, 4.69) is 0 Å². The molecule has 1 aliphatic carbocycles. The van der Waals surface area contributed by atoms with Crippen LogP contribution in [0, 0.1) is 11.7 Å². The Morgan fingerprint density at radius 3 is 2.29 bits per heavy atom. The summed E-state index contributed by atoms with van der Waals surface area (Å²) in [6, 6.07) is 3.75. The molecule has 2 amide bonds. The number of benzene rings is 1. The number of hydrogen-bond donors (Lipinski definition) is 0. The van der Waals surface area contributed by atoms with Crippen LogP contribution in [0.1, 0.15) is 42.5 Å². The molecule has 1 spiro atoms. The van der Waals surface area contributed by atoms with Gasteiger partial charge in [-0.2, -0.15) is 0 Å². The van der Waals surface area contributed by atoms with Gasteiger partial charge in [0.1, 0.15) is 11.5 Å². The average molecular weight is 389 g/mol.